The van der Waals surface area contributed by atoms with E-state index in [1.807, 2.05) is 6.07 Å². The van der Waals surface area contributed by atoms with E-state index in [0.717, 1.165) is 0 Å². The molecule has 0 fully saturated rings. The van der Waals surface area contributed by atoms with Crippen LogP contribution >= 0.6 is 11.6 Å². The number of hydrogen-bond acceptors (Lipinski definition) is 3. The minimum Gasteiger partial charge on any atom is -0.504 e. The van der Waals surface area contributed by atoms with E-state index >= 15 is 0 Å². The van der Waals surface area contributed by atoms with Crippen LogP contribution in [-0.4, -0.2) is 16.1 Å². The van der Waals surface area contributed by atoms with Crippen molar-refractivity contribution in [1.82, 2.24) is 0 Å². The molecule has 0 radical (unpaired) electrons. The molecule has 2 aromatic rings. The number of anilines is 1. The predicted molar refractivity (Wildman–Crippen MR) is 77.8 cm³/mol. The molecule has 104 valence electrons. The van der Waals surface area contributed by atoms with Crippen molar-refractivity contribution in [2.75, 3.05) is 5.32 Å². The molecule has 20 heavy (non-hydrogen) atoms. The molecule has 1 atom stereocenters. The molecule has 0 spiro atoms. The third-order valence-corrected chi connectivity index (χ3v) is 3.13. The van der Waals surface area contributed by atoms with E-state index in [1.54, 1.807) is 30.3 Å². The number of aliphatic hydroxyl groups is 1. The molecule has 2 aromatic carbocycles. The molecule has 1 amide bonds. The number of phenols is 1. The van der Waals surface area contributed by atoms with E-state index in [9.17, 15) is 15.0 Å². The van der Waals surface area contributed by atoms with Gasteiger partial charge in [-0.2, -0.15) is 0 Å². The summed E-state index contributed by atoms with van der Waals surface area (Å²) in [7, 11) is 0. The van der Waals surface area contributed by atoms with Gasteiger partial charge in [0.1, 0.15) is 0 Å². The van der Waals surface area contributed by atoms with Crippen molar-refractivity contribution < 1.29 is 15.0 Å². The fourth-order valence-electron chi connectivity index (χ4n) is 1.79. The lowest BCUT2D eigenvalue weighted by Gasteiger charge is -2.12. The SMILES string of the molecule is O=C(CC(O)c1ccccc1)Nc1cccc(Cl)c1O. The molecule has 0 heterocycles. The topological polar surface area (TPSA) is 69.6 Å². The second kappa shape index (κ2) is 6.41. The van der Waals surface area contributed by atoms with Gasteiger partial charge in [-0.1, -0.05) is 48.0 Å². The second-order valence-corrected chi connectivity index (χ2v) is 4.72. The summed E-state index contributed by atoms with van der Waals surface area (Å²) in [5, 5.41) is 22.3. The number of carbonyl (C=O) groups excluding carboxylic acids is 1. The lowest BCUT2D eigenvalue weighted by Crippen LogP contribution is -2.15. The first-order valence-corrected chi connectivity index (χ1v) is 6.46. The number of nitrogens with one attached hydrogen (secondary N) is 1. The van der Waals surface area contributed by atoms with Crippen LogP contribution < -0.4 is 5.32 Å². The van der Waals surface area contributed by atoms with Crippen LogP contribution in [0.4, 0.5) is 5.69 Å². The summed E-state index contributed by atoms with van der Waals surface area (Å²) in [6.07, 6.45) is -0.992. The van der Waals surface area contributed by atoms with Gasteiger partial charge in [-0.05, 0) is 17.7 Å². The van der Waals surface area contributed by atoms with Gasteiger partial charge in [0.2, 0.25) is 5.91 Å². The highest BCUT2D eigenvalue weighted by atomic mass is 35.5. The lowest BCUT2D eigenvalue weighted by molar-refractivity contribution is -0.118. The van der Waals surface area contributed by atoms with Crippen LogP contribution in [0.2, 0.25) is 5.02 Å². The number of amides is 1. The van der Waals surface area contributed by atoms with Crippen LogP contribution in [0, 0.1) is 0 Å². The van der Waals surface area contributed by atoms with Crippen molar-refractivity contribution in [3.05, 3.63) is 59.1 Å². The molecule has 0 aliphatic carbocycles. The van der Waals surface area contributed by atoms with Gasteiger partial charge in [-0.3, -0.25) is 4.79 Å². The first-order chi connectivity index (χ1) is 9.58. The molecule has 0 aromatic heterocycles. The molecule has 0 aliphatic heterocycles. The Labute approximate surface area is 121 Å². The van der Waals surface area contributed by atoms with Crippen molar-refractivity contribution >= 4 is 23.2 Å². The van der Waals surface area contributed by atoms with E-state index in [4.69, 9.17) is 11.6 Å². The highest BCUT2D eigenvalue weighted by Gasteiger charge is 2.14. The summed E-state index contributed by atoms with van der Waals surface area (Å²) < 4.78 is 0. The Balaban J connectivity index is 2.01. The van der Waals surface area contributed by atoms with Gasteiger partial charge in [0.05, 0.1) is 23.2 Å². The van der Waals surface area contributed by atoms with Crippen LogP contribution in [0.15, 0.2) is 48.5 Å². The largest absolute Gasteiger partial charge is 0.504 e. The Bertz CT molecular complexity index is 601. The van der Waals surface area contributed by atoms with Crippen LogP contribution in [-0.2, 0) is 4.79 Å². The highest BCUT2D eigenvalue weighted by Crippen LogP contribution is 2.31. The second-order valence-electron chi connectivity index (χ2n) is 4.31. The molecule has 0 bridgehead atoms. The van der Waals surface area contributed by atoms with Crippen molar-refractivity contribution in [2.24, 2.45) is 0 Å². The number of phenolic OH excluding ortho intramolecular Hbond substituents is 1. The first-order valence-electron chi connectivity index (χ1n) is 6.08. The Hall–Kier alpha value is -2.04. The van der Waals surface area contributed by atoms with Gasteiger partial charge in [-0.25, -0.2) is 0 Å². The Kier molecular flexibility index (Phi) is 4.61. The number of para-hydroxylation sites is 1. The van der Waals surface area contributed by atoms with Gasteiger partial charge in [-0.15, -0.1) is 0 Å². The minimum absolute atomic E-state index is 0.101. The third kappa shape index (κ3) is 3.50. The normalized spacial score (nSPS) is 11.9. The van der Waals surface area contributed by atoms with Crippen molar-refractivity contribution in [3.8, 4) is 5.75 Å². The lowest BCUT2D eigenvalue weighted by atomic mass is 10.1. The standard InChI is InChI=1S/C15H14ClNO3/c16-11-7-4-8-12(15(11)20)17-14(19)9-13(18)10-5-2-1-3-6-10/h1-8,13,18,20H,9H2,(H,17,19). The first kappa shape index (κ1) is 14.4. The highest BCUT2D eigenvalue weighted by molar-refractivity contribution is 6.32. The summed E-state index contributed by atoms with van der Waals surface area (Å²) in [6.45, 7) is 0. The number of halogens is 1. The summed E-state index contributed by atoms with van der Waals surface area (Å²) in [5.41, 5.74) is 0.890. The molecule has 0 saturated heterocycles. The van der Waals surface area contributed by atoms with Gasteiger partial charge in [0.15, 0.2) is 5.75 Å². The molecule has 4 nitrogen and oxygen atoms in total. The maximum atomic E-state index is 11.8. The molecular weight excluding hydrogens is 278 g/mol. The maximum Gasteiger partial charge on any atom is 0.227 e. The zero-order valence-corrected chi connectivity index (χ0v) is 11.3. The molecule has 3 N–H and O–H groups in total. The van der Waals surface area contributed by atoms with E-state index in [0.29, 0.717) is 5.56 Å². The van der Waals surface area contributed by atoms with Gasteiger partial charge in [0.25, 0.3) is 0 Å². The smallest absolute Gasteiger partial charge is 0.227 e. The number of rotatable bonds is 4. The third-order valence-electron chi connectivity index (χ3n) is 2.82. The number of aliphatic hydroxyl groups excluding tert-OH is 1. The van der Waals surface area contributed by atoms with Crippen LogP contribution in [0.25, 0.3) is 0 Å². The average molecular weight is 292 g/mol. The van der Waals surface area contributed by atoms with Crippen molar-refractivity contribution in [2.45, 2.75) is 12.5 Å². The van der Waals surface area contributed by atoms with Crippen LogP contribution in [0.5, 0.6) is 5.75 Å². The molecule has 0 aliphatic rings. The Morgan fingerprint density at radius 3 is 2.55 bits per heavy atom. The Morgan fingerprint density at radius 1 is 1.15 bits per heavy atom. The number of hydrogen-bond donors (Lipinski definition) is 3. The monoisotopic (exact) mass is 291 g/mol. The number of carbonyl (C=O) groups is 1. The zero-order chi connectivity index (χ0) is 14.5. The molecule has 0 saturated carbocycles. The summed E-state index contributed by atoms with van der Waals surface area (Å²) in [5.74, 6) is -0.587. The fraction of sp³-hybridized carbons (Fsp3) is 0.133. The van der Waals surface area contributed by atoms with Crippen molar-refractivity contribution in [1.29, 1.82) is 0 Å². The van der Waals surface area contributed by atoms with E-state index in [2.05, 4.69) is 5.32 Å². The van der Waals surface area contributed by atoms with Crippen molar-refractivity contribution in [3.63, 3.8) is 0 Å². The zero-order valence-electron chi connectivity index (χ0n) is 10.6. The summed E-state index contributed by atoms with van der Waals surface area (Å²) >= 11 is 5.75. The van der Waals surface area contributed by atoms with E-state index < -0.39 is 12.0 Å². The Morgan fingerprint density at radius 2 is 1.85 bits per heavy atom. The van der Waals surface area contributed by atoms with E-state index in [1.165, 1.54) is 12.1 Å². The quantitative estimate of drug-likeness (QED) is 0.758. The minimum atomic E-state index is -0.891. The number of benzene rings is 2. The van der Waals surface area contributed by atoms with Gasteiger partial charge < -0.3 is 15.5 Å². The van der Waals surface area contributed by atoms with E-state index in [-0.39, 0.29) is 22.9 Å². The molecular formula is C15H14ClNO3. The average Bonchev–Trinajstić information content (AvgIpc) is 2.45. The maximum absolute atomic E-state index is 11.8. The summed E-state index contributed by atoms with van der Waals surface area (Å²) in [6, 6.07) is 13.6. The summed E-state index contributed by atoms with van der Waals surface area (Å²) in [4.78, 5) is 11.8. The predicted octanol–water partition coefficient (Wildman–Crippen LogP) is 3.11. The number of aromatic hydroxyl groups is 1. The molecule has 5 heteroatoms. The molecule has 1 unspecified atom stereocenters. The molecule has 2 rings (SSSR count). The van der Waals surface area contributed by atoms with Crippen LogP contribution in [0.3, 0.4) is 0 Å². The van der Waals surface area contributed by atoms with Crippen LogP contribution in [0.1, 0.15) is 18.1 Å². The fourth-order valence-corrected chi connectivity index (χ4v) is 1.96. The van der Waals surface area contributed by atoms with Gasteiger partial charge in [0, 0.05) is 0 Å². The van der Waals surface area contributed by atoms with Gasteiger partial charge >= 0.3 is 0 Å².